The van der Waals surface area contributed by atoms with E-state index in [4.69, 9.17) is 21.1 Å². The number of esters is 1. The average Bonchev–Trinajstić information content (AvgIpc) is 2.98. The van der Waals surface area contributed by atoms with E-state index in [9.17, 15) is 9.18 Å². The van der Waals surface area contributed by atoms with Gasteiger partial charge < -0.3 is 9.47 Å². The van der Waals surface area contributed by atoms with Crippen molar-refractivity contribution in [2.24, 2.45) is 0 Å². The third-order valence-corrected chi connectivity index (χ3v) is 3.50. The molecule has 8 heteroatoms. The molecule has 0 unspecified atom stereocenters. The predicted octanol–water partition coefficient (Wildman–Crippen LogP) is 4.27. The molecule has 0 saturated heterocycles. The minimum absolute atomic E-state index is 0.0790. The maximum Gasteiger partial charge on any atom is 0.341 e. The van der Waals surface area contributed by atoms with Gasteiger partial charge in [-0.25, -0.2) is 18.7 Å². The van der Waals surface area contributed by atoms with Crippen LogP contribution in [0.15, 0.2) is 36.8 Å². The Labute approximate surface area is 148 Å². The Hall–Kier alpha value is -2.67. The molecular formula is C17H15ClFN3O3. The van der Waals surface area contributed by atoms with Gasteiger partial charge in [-0.1, -0.05) is 11.6 Å². The van der Waals surface area contributed by atoms with Gasteiger partial charge in [0, 0.05) is 12.3 Å². The lowest BCUT2D eigenvalue weighted by molar-refractivity contribution is 0.00647. The largest absolute Gasteiger partial charge is 0.456 e. The Kier molecular flexibility index (Phi) is 4.34. The molecule has 0 amide bonds. The second-order valence-electron chi connectivity index (χ2n) is 6.27. The highest BCUT2D eigenvalue weighted by Crippen LogP contribution is 2.33. The molecule has 0 aliphatic carbocycles. The summed E-state index contributed by atoms with van der Waals surface area (Å²) >= 11 is 6.02. The molecule has 0 N–H and O–H groups in total. The molecule has 25 heavy (non-hydrogen) atoms. The van der Waals surface area contributed by atoms with Gasteiger partial charge in [-0.05, 0) is 39.0 Å². The number of halogens is 2. The maximum absolute atomic E-state index is 14.5. The number of hydrogen-bond donors (Lipinski definition) is 0. The number of rotatable bonds is 3. The SMILES string of the molecule is CC(C)(C)OC(=O)c1ccc(Oc2ccn3ncnc3c2)c(Cl)c1F. The molecule has 0 radical (unpaired) electrons. The van der Waals surface area contributed by atoms with E-state index in [1.54, 1.807) is 43.6 Å². The Bertz CT molecular complexity index is 950. The summed E-state index contributed by atoms with van der Waals surface area (Å²) in [6, 6.07) is 5.96. The molecule has 0 atom stereocenters. The van der Waals surface area contributed by atoms with Crippen molar-refractivity contribution in [2.75, 3.05) is 0 Å². The molecule has 0 aliphatic heterocycles. The fourth-order valence-corrected chi connectivity index (χ4v) is 2.29. The minimum Gasteiger partial charge on any atom is -0.456 e. The highest BCUT2D eigenvalue weighted by molar-refractivity contribution is 6.32. The van der Waals surface area contributed by atoms with Crippen molar-refractivity contribution in [3.8, 4) is 11.5 Å². The molecule has 0 aliphatic rings. The van der Waals surface area contributed by atoms with Crippen molar-refractivity contribution >= 4 is 23.2 Å². The maximum atomic E-state index is 14.5. The van der Waals surface area contributed by atoms with Gasteiger partial charge in [0.2, 0.25) is 0 Å². The normalized spacial score (nSPS) is 11.6. The van der Waals surface area contributed by atoms with Crippen molar-refractivity contribution in [2.45, 2.75) is 26.4 Å². The van der Waals surface area contributed by atoms with E-state index in [1.807, 2.05) is 0 Å². The van der Waals surface area contributed by atoms with Gasteiger partial charge in [0.25, 0.3) is 0 Å². The predicted molar refractivity (Wildman–Crippen MR) is 89.6 cm³/mol. The van der Waals surface area contributed by atoms with Crippen LogP contribution in [-0.4, -0.2) is 26.2 Å². The van der Waals surface area contributed by atoms with Crippen LogP contribution >= 0.6 is 11.6 Å². The average molecular weight is 364 g/mol. The standard InChI is InChI=1S/C17H15ClFN3O3/c1-17(2,3)25-16(23)11-4-5-12(14(18)15(11)19)24-10-6-7-22-13(8-10)20-9-21-22/h4-9H,1-3H3. The van der Waals surface area contributed by atoms with Crippen LogP contribution in [0.3, 0.4) is 0 Å². The van der Waals surface area contributed by atoms with Crippen LogP contribution in [0.25, 0.3) is 5.65 Å². The fourth-order valence-electron chi connectivity index (χ4n) is 2.09. The summed E-state index contributed by atoms with van der Waals surface area (Å²) in [6.45, 7) is 5.09. The number of ether oxygens (including phenoxy) is 2. The highest BCUT2D eigenvalue weighted by Gasteiger charge is 2.23. The summed E-state index contributed by atoms with van der Waals surface area (Å²) in [5.74, 6) is -1.19. The lowest BCUT2D eigenvalue weighted by atomic mass is 10.1. The van der Waals surface area contributed by atoms with Crippen molar-refractivity contribution < 1.29 is 18.7 Å². The summed E-state index contributed by atoms with van der Waals surface area (Å²) in [5, 5.41) is 3.67. The van der Waals surface area contributed by atoms with Crippen LogP contribution in [0.5, 0.6) is 11.5 Å². The van der Waals surface area contributed by atoms with E-state index in [1.165, 1.54) is 18.5 Å². The van der Waals surface area contributed by atoms with E-state index >= 15 is 0 Å². The first kappa shape index (κ1) is 17.2. The Morgan fingerprint density at radius 1 is 1.28 bits per heavy atom. The number of carbonyl (C=O) groups is 1. The van der Waals surface area contributed by atoms with E-state index < -0.39 is 17.4 Å². The topological polar surface area (TPSA) is 65.7 Å². The number of pyridine rings is 1. The van der Waals surface area contributed by atoms with E-state index in [2.05, 4.69) is 10.1 Å². The van der Waals surface area contributed by atoms with Gasteiger partial charge >= 0.3 is 5.97 Å². The summed E-state index contributed by atoms with van der Waals surface area (Å²) in [4.78, 5) is 16.1. The quantitative estimate of drug-likeness (QED) is 0.650. The zero-order valence-corrected chi connectivity index (χ0v) is 14.5. The molecule has 2 aromatic heterocycles. The Morgan fingerprint density at radius 3 is 2.76 bits per heavy atom. The van der Waals surface area contributed by atoms with Crippen molar-refractivity contribution in [1.82, 2.24) is 14.6 Å². The van der Waals surface area contributed by atoms with Crippen LogP contribution < -0.4 is 4.74 Å². The molecule has 1 aromatic carbocycles. The first-order valence-corrected chi connectivity index (χ1v) is 7.81. The zero-order chi connectivity index (χ0) is 18.2. The molecule has 0 fully saturated rings. The molecular weight excluding hydrogens is 349 g/mol. The minimum atomic E-state index is -0.892. The van der Waals surface area contributed by atoms with Crippen molar-refractivity contribution in [3.05, 3.63) is 53.2 Å². The second kappa shape index (κ2) is 6.33. The van der Waals surface area contributed by atoms with Crippen LogP contribution in [0.4, 0.5) is 4.39 Å². The number of benzene rings is 1. The monoisotopic (exact) mass is 363 g/mol. The number of carbonyl (C=O) groups excluding carboxylic acids is 1. The first-order chi connectivity index (χ1) is 11.7. The van der Waals surface area contributed by atoms with Crippen LogP contribution in [0.2, 0.25) is 5.02 Å². The summed E-state index contributed by atoms with van der Waals surface area (Å²) in [7, 11) is 0. The van der Waals surface area contributed by atoms with Gasteiger partial charge in [0.15, 0.2) is 11.5 Å². The lowest BCUT2D eigenvalue weighted by Crippen LogP contribution is -2.24. The molecule has 3 aromatic rings. The van der Waals surface area contributed by atoms with Gasteiger partial charge in [-0.3, -0.25) is 0 Å². The summed E-state index contributed by atoms with van der Waals surface area (Å²) < 4.78 is 26.8. The van der Waals surface area contributed by atoms with E-state index in [-0.39, 0.29) is 16.3 Å². The second-order valence-corrected chi connectivity index (χ2v) is 6.65. The van der Waals surface area contributed by atoms with Gasteiger partial charge in [0.05, 0.1) is 5.56 Å². The molecule has 130 valence electrons. The fraction of sp³-hybridized carbons (Fsp3) is 0.235. The highest BCUT2D eigenvalue weighted by atomic mass is 35.5. The van der Waals surface area contributed by atoms with Gasteiger partial charge in [-0.15, -0.1) is 0 Å². The molecule has 2 heterocycles. The van der Waals surface area contributed by atoms with E-state index in [0.717, 1.165) is 0 Å². The summed E-state index contributed by atoms with van der Waals surface area (Å²) in [6.07, 6.45) is 3.05. The molecule has 0 saturated carbocycles. The number of aromatic nitrogens is 3. The van der Waals surface area contributed by atoms with Crippen molar-refractivity contribution in [1.29, 1.82) is 0 Å². The van der Waals surface area contributed by atoms with Gasteiger partial charge in [0.1, 0.15) is 28.5 Å². The third-order valence-electron chi connectivity index (χ3n) is 3.15. The van der Waals surface area contributed by atoms with Crippen LogP contribution in [0, 0.1) is 5.82 Å². The third kappa shape index (κ3) is 3.71. The zero-order valence-electron chi connectivity index (χ0n) is 13.8. The Morgan fingerprint density at radius 2 is 2.04 bits per heavy atom. The van der Waals surface area contributed by atoms with Crippen LogP contribution in [0.1, 0.15) is 31.1 Å². The molecule has 0 spiro atoms. The molecule has 6 nitrogen and oxygen atoms in total. The lowest BCUT2D eigenvalue weighted by Gasteiger charge is -2.20. The number of fused-ring (bicyclic) bond motifs is 1. The Balaban J connectivity index is 1.88. The first-order valence-electron chi connectivity index (χ1n) is 7.43. The molecule has 0 bridgehead atoms. The van der Waals surface area contributed by atoms with Crippen LogP contribution in [-0.2, 0) is 4.74 Å². The van der Waals surface area contributed by atoms with Gasteiger partial charge in [-0.2, -0.15) is 5.10 Å². The van der Waals surface area contributed by atoms with E-state index in [0.29, 0.717) is 11.4 Å². The number of nitrogens with zero attached hydrogens (tertiary/aromatic N) is 3. The number of hydrogen-bond acceptors (Lipinski definition) is 5. The smallest absolute Gasteiger partial charge is 0.341 e. The van der Waals surface area contributed by atoms with Crippen molar-refractivity contribution in [3.63, 3.8) is 0 Å². The molecule has 3 rings (SSSR count). The summed E-state index contributed by atoms with van der Waals surface area (Å²) in [5.41, 5.74) is -0.418.